The molecule has 6 nitrogen and oxygen atoms in total. The third-order valence-corrected chi connectivity index (χ3v) is 4.01. The maximum atomic E-state index is 12.1. The quantitative estimate of drug-likeness (QED) is 0.172. The lowest BCUT2D eigenvalue weighted by Crippen LogP contribution is -2.38. The Kier molecular flexibility index (Phi) is 16.0. The van der Waals surface area contributed by atoms with Crippen LogP contribution in [0.15, 0.2) is 29.3 Å². The molecule has 0 saturated carbocycles. The number of nitrogens with one attached hydrogen (secondary N) is 2. The largest absolute Gasteiger partial charge is 0.411 e. The highest BCUT2D eigenvalue weighted by Gasteiger charge is 2.27. The lowest BCUT2D eigenvalue weighted by atomic mass is 10.1. The fraction of sp³-hybridized carbons (Fsp3) is 0.650. The molecule has 0 aliphatic carbocycles. The van der Waals surface area contributed by atoms with Crippen molar-refractivity contribution >= 4 is 29.9 Å². The molecule has 0 aliphatic heterocycles. The summed E-state index contributed by atoms with van der Waals surface area (Å²) in [5.74, 6) is 0.740. The predicted octanol–water partition coefficient (Wildman–Crippen LogP) is 3.41. The molecule has 10 heteroatoms. The Labute approximate surface area is 194 Å². The molecule has 174 valence electrons. The van der Waals surface area contributed by atoms with E-state index in [-0.39, 0.29) is 30.6 Å². The number of methoxy groups -OCH3 is 1. The molecular formula is C20H34F3IN4O2. The molecule has 0 atom stereocenters. The number of hydrogen-bond donors (Lipinski definition) is 2. The van der Waals surface area contributed by atoms with Crippen LogP contribution in [0.1, 0.15) is 24.5 Å². The average Bonchev–Trinajstić information content (AvgIpc) is 2.67. The molecule has 0 bridgehead atoms. The molecule has 0 radical (unpaired) electrons. The zero-order valence-electron chi connectivity index (χ0n) is 17.9. The molecule has 1 aromatic rings. The number of hydrogen-bond acceptors (Lipinski definition) is 4. The molecule has 30 heavy (non-hydrogen) atoms. The van der Waals surface area contributed by atoms with Crippen molar-refractivity contribution in [3.8, 4) is 0 Å². The summed E-state index contributed by atoms with van der Waals surface area (Å²) in [5, 5.41) is 6.52. The molecule has 0 aromatic heterocycles. The van der Waals surface area contributed by atoms with Gasteiger partial charge in [0.05, 0.1) is 19.8 Å². The van der Waals surface area contributed by atoms with E-state index in [9.17, 15) is 13.2 Å². The van der Waals surface area contributed by atoms with Gasteiger partial charge in [0.25, 0.3) is 0 Å². The fourth-order valence-electron chi connectivity index (χ4n) is 2.45. The summed E-state index contributed by atoms with van der Waals surface area (Å²) < 4.78 is 46.0. The van der Waals surface area contributed by atoms with Gasteiger partial charge in [-0.3, -0.25) is 0 Å². The van der Waals surface area contributed by atoms with E-state index in [0.717, 1.165) is 50.7 Å². The highest BCUT2D eigenvalue weighted by Crippen LogP contribution is 2.16. The molecule has 0 fully saturated rings. The summed E-state index contributed by atoms with van der Waals surface area (Å²) in [7, 11) is 3.76. The molecule has 0 unspecified atom stereocenters. The van der Waals surface area contributed by atoms with Gasteiger partial charge in [0.2, 0.25) is 0 Å². The smallest absolute Gasteiger partial charge is 0.383 e. The number of guanidine groups is 1. The van der Waals surface area contributed by atoms with Crippen molar-refractivity contribution < 1.29 is 22.6 Å². The van der Waals surface area contributed by atoms with E-state index in [0.29, 0.717) is 12.1 Å². The van der Waals surface area contributed by atoms with E-state index >= 15 is 0 Å². The number of halogens is 4. The Morgan fingerprint density at radius 1 is 1.10 bits per heavy atom. The van der Waals surface area contributed by atoms with Crippen LogP contribution in [0, 0.1) is 0 Å². The second-order valence-electron chi connectivity index (χ2n) is 6.70. The van der Waals surface area contributed by atoms with E-state index in [4.69, 9.17) is 4.74 Å². The van der Waals surface area contributed by atoms with E-state index in [1.807, 2.05) is 19.1 Å². The monoisotopic (exact) mass is 546 g/mol. The first-order valence-electron chi connectivity index (χ1n) is 9.76. The van der Waals surface area contributed by atoms with Crippen LogP contribution in [0.3, 0.4) is 0 Å². The maximum Gasteiger partial charge on any atom is 0.411 e. The Morgan fingerprint density at radius 2 is 1.77 bits per heavy atom. The van der Waals surface area contributed by atoms with Gasteiger partial charge in [-0.2, -0.15) is 13.2 Å². The predicted molar refractivity (Wildman–Crippen MR) is 124 cm³/mol. The summed E-state index contributed by atoms with van der Waals surface area (Å²) >= 11 is 0. The number of benzene rings is 1. The van der Waals surface area contributed by atoms with Gasteiger partial charge in [-0.25, -0.2) is 4.99 Å². The summed E-state index contributed by atoms with van der Waals surface area (Å²) in [6.07, 6.45) is -3.32. The molecule has 0 heterocycles. The lowest BCUT2D eigenvalue weighted by Gasteiger charge is -2.17. The van der Waals surface area contributed by atoms with Gasteiger partial charge in [0.15, 0.2) is 5.96 Å². The Hall–Kier alpha value is -1.11. The van der Waals surface area contributed by atoms with Gasteiger partial charge in [0, 0.05) is 26.7 Å². The minimum atomic E-state index is -4.30. The minimum Gasteiger partial charge on any atom is -0.383 e. The minimum absolute atomic E-state index is 0. The second kappa shape index (κ2) is 16.6. The average molecular weight is 546 g/mol. The van der Waals surface area contributed by atoms with Gasteiger partial charge < -0.3 is 25.0 Å². The standard InChI is InChI=1S/C20H33F3N4O2.HI/c1-4-24-19(25-10-5-11-27(2)12-13-28-3)26-14-17-6-8-18(9-7-17)15-29-16-20(21,22)23;/h6-9H,4-5,10-16H2,1-3H3,(H2,24,25,26);1H. The molecule has 0 amide bonds. The normalized spacial score (nSPS) is 12.0. The van der Waals surface area contributed by atoms with Crippen LogP contribution in [-0.2, 0) is 22.6 Å². The third-order valence-electron chi connectivity index (χ3n) is 4.01. The zero-order valence-corrected chi connectivity index (χ0v) is 20.3. The Bertz CT molecular complexity index is 586. The number of rotatable bonds is 13. The van der Waals surface area contributed by atoms with Crippen LogP contribution < -0.4 is 10.6 Å². The molecule has 0 saturated heterocycles. The molecular weight excluding hydrogens is 512 g/mol. The Balaban J connectivity index is 0.00000841. The first-order chi connectivity index (χ1) is 13.8. The lowest BCUT2D eigenvalue weighted by molar-refractivity contribution is -0.176. The highest BCUT2D eigenvalue weighted by molar-refractivity contribution is 14.0. The maximum absolute atomic E-state index is 12.1. The number of ether oxygens (including phenoxy) is 2. The topological polar surface area (TPSA) is 58.1 Å². The van der Waals surface area contributed by atoms with E-state index in [2.05, 4.69) is 32.3 Å². The highest BCUT2D eigenvalue weighted by atomic mass is 127. The zero-order chi connectivity index (χ0) is 21.5. The van der Waals surface area contributed by atoms with Crippen LogP contribution in [0.4, 0.5) is 13.2 Å². The number of alkyl halides is 3. The molecule has 1 aromatic carbocycles. The third kappa shape index (κ3) is 14.8. The van der Waals surface area contributed by atoms with Crippen molar-refractivity contribution in [1.82, 2.24) is 15.5 Å². The fourth-order valence-corrected chi connectivity index (χ4v) is 2.45. The van der Waals surface area contributed by atoms with E-state index in [1.165, 1.54) is 0 Å². The van der Waals surface area contributed by atoms with Crippen LogP contribution in [0.25, 0.3) is 0 Å². The Morgan fingerprint density at radius 3 is 2.37 bits per heavy atom. The van der Waals surface area contributed by atoms with Crippen LogP contribution in [0.5, 0.6) is 0 Å². The van der Waals surface area contributed by atoms with Gasteiger partial charge in [-0.1, -0.05) is 24.3 Å². The van der Waals surface area contributed by atoms with Crippen LogP contribution in [0.2, 0.25) is 0 Å². The molecule has 0 aliphatic rings. The first-order valence-corrected chi connectivity index (χ1v) is 9.76. The van der Waals surface area contributed by atoms with Crippen molar-refractivity contribution in [1.29, 1.82) is 0 Å². The van der Waals surface area contributed by atoms with Crippen molar-refractivity contribution in [2.24, 2.45) is 4.99 Å². The summed E-state index contributed by atoms with van der Waals surface area (Å²) in [4.78, 5) is 6.77. The second-order valence-corrected chi connectivity index (χ2v) is 6.70. The first kappa shape index (κ1) is 28.9. The van der Waals surface area contributed by atoms with Crippen LogP contribution >= 0.6 is 24.0 Å². The molecule has 1 rings (SSSR count). The van der Waals surface area contributed by atoms with Gasteiger partial charge in [-0.05, 0) is 38.1 Å². The van der Waals surface area contributed by atoms with Crippen molar-refractivity contribution in [3.05, 3.63) is 35.4 Å². The molecule has 0 spiro atoms. The number of likely N-dealkylation sites (N-methyl/N-ethyl adjacent to an activating group) is 1. The van der Waals surface area contributed by atoms with Crippen molar-refractivity contribution in [3.63, 3.8) is 0 Å². The van der Waals surface area contributed by atoms with E-state index in [1.54, 1.807) is 19.2 Å². The number of aliphatic imine (C=N–C) groups is 1. The van der Waals surface area contributed by atoms with Gasteiger partial charge in [0.1, 0.15) is 6.61 Å². The SMILES string of the molecule is CCNC(=NCc1ccc(COCC(F)(F)F)cc1)NCCCN(C)CCOC.I. The summed E-state index contributed by atoms with van der Waals surface area (Å²) in [6.45, 7) is 5.34. The van der Waals surface area contributed by atoms with E-state index < -0.39 is 12.8 Å². The van der Waals surface area contributed by atoms with Gasteiger partial charge in [-0.15, -0.1) is 24.0 Å². The number of nitrogens with zero attached hydrogens (tertiary/aromatic N) is 2. The summed E-state index contributed by atoms with van der Waals surface area (Å²) in [6, 6.07) is 7.23. The van der Waals surface area contributed by atoms with Crippen LogP contribution in [-0.4, -0.2) is 70.6 Å². The molecule has 2 N–H and O–H groups in total. The summed E-state index contributed by atoms with van der Waals surface area (Å²) in [5.41, 5.74) is 1.67. The van der Waals surface area contributed by atoms with Crippen molar-refractivity contribution in [2.45, 2.75) is 32.7 Å². The van der Waals surface area contributed by atoms with Gasteiger partial charge >= 0.3 is 6.18 Å². The van der Waals surface area contributed by atoms with Crippen molar-refractivity contribution in [2.75, 3.05) is 53.6 Å².